The Morgan fingerprint density at radius 2 is 1.95 bits per heavy atom. The number of hydrogen-bond donors (Lipinski definition) is 1. The third-order valence-corrected chi connectivity index (χ3v) is 2.14. The number of nitrogens with zero attached hydrogens (tertiary/aromatic N) is 2. The predicted octanol–water partition coefficient (Wildman–Crippen LogP) is 1.75. The zero-order valence-corrected chi connectivity index (χ0v) is 9.64. The first kappa shape index (κ1) is 14.4. The minimum Gasteiger partial charge on any atom is -0.487 e. The predicted molar refractivity (Wildman–Crippen MR) is 62.1 cm³/mol. The second-order valence-electron chi connectivity index (χ2n) is 3.51. The van der Waals surface area contributed by atoms with E-state index in [0.29, 0.717) is 0 Å². The standard InChI is InChI=1S/C10H10N2O7/c13-10(14)2-1-5-19-9-4-3-7(11(15)16)6-8(9)12(17)18/h3-4,6H,1-2,5H2,(H,13,14). The summed E-state index contributed by atoms with van der Waals surface area (Å²) in [7, 11) is 0. The Bertz CT molecular complexity index is 515. The van der Waals surface area contributed by atoms with Crippen LogP contribution in [0.3, 0.4) is 0 Å². The van der Waals surface area contributed by atoms with E-state index in [1.807, 2.05) is 0 Å². The molecule has 102 valence electrons. The lowest BCUT2D eigenvalue weighted by Gasteiger charge is -2.05. The molecule has 0 aliphatic rings. The molecule has 0 saturated carbocycles. The molecule has 0 spiro atoms. The Hall–Kier alpha value is -2.71. The summed E-state index contributed by atoms with van der Waals surface area (Å²) in [5, 5.41) is 29.7. The van der Waals surface area contributed by atoms with Gasteiger partial charge >= 0.3 is 11.7 Å². The summed E-state index contributed by atoms with van der Waals surface area (Å²) in [5.74, 6) is -1.12. The number of hydrogen-bond acceptors (Lipinski definition) is 6. The number of nitro benzene ring substituents is 2. The molecule has 0 heterocycles. The van der Waals surface area contributed by atoms with Gasteiger partial charge in [-0.3, -0.25) is 25.0 Å². The number of aliphatic carboxylic acids is 1. The van der Waals surface area contributed by atoms with E-state index in [1.54, 1.807) is 0 Å². The molecule has 0 amide bonds. The summed E-state index contributed by atoms with van der Waals surface area (Å²) in [6.07, 6.45) is 0.0598. The van der Waals surface area contributed by atoms with Crippen molar-refractivity contribution in [2.45, 2.75) is 12.8 Å². The van der Waals surface area contributed by atoms with E-state index in [9.17, 15) is 25.0 Å². The van der Waals surface area contributed by atoms with Crippen LogP contribution in [0.1, 0.15) is 12.8 Å². The number of carbonyl (C=O) groups is 1. The number of rotatable bonds is 7. The molecule has 0 fully saturated rings. The SMILES string of the molecule is O=C(O)CCCOc1ccc([N+](=O)[O-])cc1[N+](=O)[O-]. The lowest BCUT2D eigenvalue weighted by Crippen LogP contribution is -2.04. The van der Waals surface area contributed by atoms with Crippen LogP contribution in [-0.2, 0) is 4.79 Å². The summed E-state index contributed by atoms with van der Waals surface area (Å²) in [6, 6.07) is 3.00. The minimum absolute atomic E-state index is 0.0229. The van der Waals surface area contributed by atoms with Gasteiger partial charge in [-0.05, 0) is 12.5 Å². The molecule has 1 rings (SSSR count). The van der Waals surface area contributed by atoms with E-state index in [-0.39, 0.29) is 25.2 Å². The Balaban J connectivity index is 2.79. The Kier molecular flexibility index (Phi) is 4.75. The highest BCUT2D eigenvalue weighted by Gasteiger charge is 2.20. The zero-order valence-electron chi connectivity index (χ0n) is 9.64. The van der Waals surface area contributed by atoms with Gasteiger partial charge in [0.1, 0.15) is 0 Å². The molecule has 0 radical (unpaired) electrons. The lowest BCUT2D eigenvalue weighted by molar-refractivity contribution is -0.394. The minimum atomic E-state index is -0.998. The molecule has 0 atom stereocenters. The van der Waals surface area contributed by atoms with Crippen molar-refractivity contribution in [3.8, 4) is 5.75 Å². The van der Waals surface area contributed by atoms with E-state index in [4.69, 9.17) is 9.84 Å². The van der Waals surface area contributed by atoms with Crippen molar-refractivity contribution in [1.82, 2.24) is 0 Å². The smallest absolute Gasteiger partial charge is 0.317 e. The van der Waals surface area contributed by atoms with Gasteiger partial charge in [0, 0.05) is 12.5 Å². The van der Waals surface area contributed by atoms with Gasteiger partial charge in [-0.15, -0.1) is 0 Å². The van der Waals surface area contributed by atoms with E-state index in [0.717, 1.165) is 18.2 Å². The molecule has 1 aromatic rings. The molecule has 0 saturated heterocycles. The van der Waals surface area contributed by atoms with Crippen molar-refractivity contribution < 1.29 is 24.5 Å². The summed E-state index contributed by atoms with van der Waals surface area (Å²) in [6.45, 7) is -0.0229. The number of ether oxygens (including phenoxy) is 1. The second-order valence-corrected chi connectivity index (χ2v) is 3.51. The average molecular weight is 270 g/mol. The molecule has 1 aromatic carbocycles. The van der Waals surface area contributed by atoms with Crippen molar-refractivity contribution in [3.05, 3.63) is 38.4 Å². The van der Waals surface area contributed by atoms with Crippen LogP contribution in [0.4, 0.5) is 11.4 Å². The van der Waals surface area contributed by atoms with Crippen LogP contribution in [0.5, 0.6) is 5.75 Å². The van der Waals surface area contributed by atoms with E-state index < -0.39 is 27.2 Å². The number of carboxylic acids is 1. The molecule has 0 aromatic heterocycles. The molecule has 0 unspecified atom stereocenters. The monoisotopic (exact) mass is 270 g/mol. The van der Waals surface area contributed by atoms with E-state index in [2.05, 4.69) is 0 Å². The molecule has 9 nitrogen and oxygen atoms in total. The van der Waals surface area contributed by atoms with Crippen molar-refractivity contribution in [2.24, 2.45) is 0 Å². The van der Waals surface area contributed by atoms with Crippen LogP contribution in [0, 0.1) is 20.2 Å². The number of nitro groups is 2. The van der Waals surface area contributed by atoms with Crippen molar-refractivity contribution in [1.29, 1.82) is 0 Å². The highest BCUT2D eigenvalue weighted by Crippen LogP contribution is 2.30. The number of carboxylic acid groups (broad SMARTS) is 1. The van der Waals surface area contributed by atoms with Crippen LogP contribution in [0.15, 0.2) is 18.2 Å². The zero-order chi connectivity index (χ0) is 14.4. The maximum atomic E-state index is 10.7. The van der Waals surface area contributed by atoms with Crippen molar-refractivity contribution >= 4 is 17.3 Å². The normalized spacial score (nSPS) is 9.89. The fourth-order valence-corrected chi connectivity index (χ4v) is 1.29. The van der Waals surface area contributed by atoms with Gasteiger partial charge in [0.15, 0.2) is 5.75 Å². The summed E-state index contributed by atoms with van der Waals surface area (Å²) in [5.41, 5.74) is -0.936. The first-order valence-electron chi connectivity index (χ1n) is 5.19. The topological polar surface area (TPSA) is 133 Å². The summed E-state index contributed by atoms with van der Waals surface area (Å²) in [4.78, 5) is 30.0. The molecule has 0 aliphatic carbocycles. The largest absolute Gasteiger partial charge is 0.487 e. The van der Waals surface area contributed by atoms with Crippen LogP contribution < -0.4 is 4.74 Å². The third-order valence-electron chi connectivity index (χ3n) is 2.14. The van der Waals surface area contributed by atoms with Gasteiger partial charge in [0.25, 0.3) is 5.69 Å². The van der Waals surface area contributed by atoms with Crippen molar-refractivity contribution in [2.75, 3.05) is 6.61 Å². The average Bonchev–Trinajstić information content (AvgIpc) is 2.34. The van der Waals surface area contributed by atoms with E-state index in [1.165, 1.54) is 0 Å². The van der Waals surface area contributed by atoms with Crippen LogP contribution in [0.2, 0.25) is 0 Å². The molecule has 0 aliphatic heterocycles. The lowest BCUT2D eigenvalue weighted by atomic mass is 10.2. The van der Waals surface area contributed by atoms with Gasteiger partial charge in [-0.25, -0.2) is 0 Å². The van der Waals surface area contributed by atoms with Crippen molar-refractivity contribution in [3.63, 3.8) is 0 Å². The third kappa shape index (κ3) is 4.22. The fourth-order valence-electron chi connectivity index (χ4n) is 1.29. The first-order valence-corrected chi connectivity index (χ1v) is 5.19. The molecule has 0 bridgehead atoms. The number of non-ortho nitro benzene ring substituents is 1. The van der Waals surface area contributed by atoms with Gasteiger partial charge in [-0.1, -0.05) is 0 Å². The van der Waals surface area contributed by atoms with Crippen LogP contribution >= 0.6 is 0 Å². The summed E-state index contributed by atoms with van der Waals surface area (Å²) >= 11 is 0. The molecular weight excluding hydrogens is 260 g/mol. The molecule has 19 heavy (non-hydrogen) atoms. The molecular formula is C10H10N2O7. The fraction of sp³-hybridized carbons (Fsp3) is 0.300. The molecule has 1 N–H and O–H groups in total. The first-order chi connectivity index (χ1) is 8.91. The maximum absolute atomic E-state index is 10.7. The maximum Gasteiger partial charge on any atom is 0.317 e. The van der Waals surface area contributed by atoms with Gasteiger partial charge in [0.05, 0.1) is 22.5 Å². The van der Waals surface area contributed by atoms with Gasteiger partial charge in [0.2, 0.25) is 0 Å². The second kappa shape index (κ2) is 6.28. The van der Waals surface area contributed by atoms with Crippen LogP contribution in [-0.4, -0.2) is 27.5 Å². The highest BCUT2D eigenvalue weighted by molar-refractivity contribution is 5.66. The van der Waals surface area contributed by atoms with Crippen LogP contribution in [0.25, 0.3) is 0 Å². The molecule has 9 heteroatoms. The van der Waals surface area contributed by atoms with Gasteiger partial charge < -0.3 is 9.84 Å². The number of benzene rings is 1. The quantitative estimate of drug-likeness (QED) is 0.453. The summed E-state index contributed by atoms with van der Waals surface area (Å²) < 4.78 is 5.06. The Labute approximate surface area is 106 Å². The van der Waals surface area contributed by atoms with E-state index >= 15 is 0 Å². The van der Waals surface area contributed by atoms with Gasteiger partial charge in [-0.2, -0.15) is 0 Å². The highest BCUT2D eigenvalue weighted by atomic mass is 16.6. The Morgan fingerprint density at radius 3 is 2.47 bits per heavy atom. The Morgan fingerprint density at radius 1 is 1.26 bits per heavy atom.